The molecule has 34 heavy (non-hydrogen) atoms. The summed E-state index contributed by atoms with van der Waals surface area (Å²) in [6.45, 7) is 1.43. The Morgan fingerprint density at radius 2 is 1.71 bits per heavy atom. The lowest BCUT2D eigenvalue weighted by Crippen LogP contribution is -2.48. The van der Waals surface area contributed by atoms with E-state index in [4.69, 9.17) is 16.3 Å². The first-order chi connectivity index (χ1) is 16.4. The largest absolute Gasteiger partial charge is 0.489 e. The molecule has 0 saturated carbocycles. The minimum absolute atomic E-state index is 0.254. The third-order valence-electron chi connectivity index (χ3n) is 6.27. The smallest absolute Gasteiger partial charge is 0.325 e. The average molecular weight is 476 g/mol. The van der Waals surface area contributed by atoms with E-state index in [9.17, 15) is 14.4 Å². The molecule has 4 amide bonds. The molecule has 0 unspecified atom stereocenters. The van der Waals surface area contributed by atoms with E-state index in [1.54, 1.807) is 48.2 Å². The second kappa shape index (κ2) is 8.50. The molecule has 1 saturated heterocycles. The van der Waals surface area contributed by atoms with Crippen molar-refractivity contribution in [3.63, 3.8) is 0 Å². The standard InChI is InChI=1S/C26H22ClN3O4/c1-26(18-11-5-6-12-19(18)27)24(32)29(25(33)28-26)15-23(31)30-20-13-7-8-14-22(20)34-16-21(30)17-9-3-2-4-10-17/h2-14,21H,15-16H2,1H3,(H,28,33)/t21-,26+/m1/s1. The van der Waals surface area contributed by atoms with Gasteiger partial charge in [-0.05, 0) is 30.7 Å². The third-order valence-corrected chi connectivity index (χ3v) is 6.60. The lowest BCUT2D eigenvalue weighted by atomic mass is 9.92. The van der Waals surface area contributed by atoms with Gasteiger partial charge in [0, 0.05) is 10.6 Å². The van der Waals surface area contributed by atoms with Crippen molar-refractivity contribution in [3.8, 4) is 5.75 Å². The van der Waals surface area contributed by atoms with Crippen LogP contribution in [-0.2, 0) is 15.1 Å². The summed E-state index contributed by atoms with van der Waals surface area (Å²) in [5.41, 5.74) is 0.595. The van der Waals surface area contributed by atoms with Gasteiger partial charge in [0.1, 0.15) is 24.4 Å². The van der Waals surface area contributed by atoms with E-state index >= 15 is 0 Å². The van der Waals surface area contributed by atoms with E-state index in [-0.39, 0.29) is 6.61 Å². The minimum atomic E-state index is -1.36. The summed E-state index contributed by atoms with van der Waals surface area (Å²) in [6, 6.07) is 22.6. The van der Waals surface area contributed by atoms with Crippen molar-refractivity contribution in [1.29, 1.82) is 0 Å². The van der Waals surface area contributed by atoms with Gasteiger partial charge in [-0.3, -0.25) is 19.4 Å². The number of rotatable bonds is 4. The molecule has 3 aromatic carbocycles. The molecule has 3 aromatic rings. The molecule has 0 spiro atoms. The molecule has 0 bridgehead atoms. The number of amides is 4. The zero-order valence-electron chi connectivity index (χ0n) is 18.4. The summed E-state index contributed by atoms with van der Waals surface area (Å²) in [6.07, 6.45) is 0. The number of ether oxygens (including phenoxy) is 1. The summed E-state index contributed by atoms with van der Waals surface area (Å²) in [7, 11) is 0. The molecule has 2 atom stereocenters. The molecule has 2 aliphatic heterocycles. The van der Waals surface area contributed by atoms with Crippen LogP contribution in [0.15, 0.2) is 78.9 Å². The molecule has 5 rings (SSSR count). The highest BCUT2D eigenvalue weighted by Crippen LogP contribution is 2.40. The second-order valence-corrected chi connectivity index (χ2v) is 8.80. The number of carbonyl (C=O) groups is 3. The van der Waals surface area contributed by atoms with Gasteiger partial charge in [0.25, 0.3) is 5.91 Å². The van der Waals surface area contributed by atoms with Crippen molar-refractivity contribution >= 4 is 35.1 Å². The van der Waals surface area contributed by atoms with Gasteiger partial charge >= 0.3 is 6.03 Å². The number of imide groups is 1. The molecule has 172 valence electrons. The summed E-state index contributed by atoms with van der Waals surface area (Å²) < 4.78 is 5.92. The van der Waals surface area contributed by atoms with E-state index in [0.717, 1.165) is 10.5 Å². The summed E-state index contributed by atoms with van der Waals surface area (Å²) in [5.74, 6) is -0.352. The van der Waals surface area contributed by atoms with Gasteiger partial charge in [-0.25, -0.2) is 4.79 Å². The molecule has 0 aliphatic carbocycles. The molecule has 0 aromatic heterocycles. The fraction of sp³-hybridized carbons (Fsp3) is 0.192. The average Bonchev–Trinajstić information content (AvgIpc) is 3.07. The quantitative estimate of drug-likeness (QED) is 0.571. The number of hydrogen-bond acceptors (Lipinski definition) is 4. The Labute approximate surface area is 201 Å². The normalized spacial score (nSPS) is 21.6. The summed E-state index contributed by atoms with van der Waals surface area (Å²) in [4.78, 5) is 42.5. The first kappa shape index (κ1) is 22.0. The molecule has 2 aliphatic rings. The Bertz CT molecular complexity index is 1280. The van der Waals surface area contributed by atoms with Crippen LogP contribution in [0.3, 0.4) is 0 Å². The van der Waals surface area contributed by atoms with E-state index < -0.39 is 36.0 Å². The first-order valence-electron chi connectivity index (χ1n) is 10.9. The number of para-hydroxylation sites is 2. The lowest BCUT2D eigenvalue weighted by molar-refractivity contribution is -0.134. The summed E-state index contributed by atoms with van der Waals surface area (Å²) >= 11 is 6.31. The maximum atomic E-state index is 13.7. The van der Waals surface area contributed by atoms with Crippen LogP contribution in [0.2, 0.25) is 5.02 Å². The van der Waals surface area contributed by atoms with Gasteiger partial charge in [-0.2, -0.15) is 0 Å². The third kappa shape index (κ3) is 3.58. The van der Waals surface area contributed by atoms with E-state index in [2.05, 4.69) is 5.32 Å². The van der Waals surface area contributed by atoms with Crippen LogP contribution in [0.25, 0.3) is 0 Å². The first-order valence-corrected chi connectivity index (χ1v) is 11.3. The Hall–Kier alpha value is -3.84. The molecular formula is C26H22ClN3O4. The van der Waals surface area contributed by atoms with E-state index in [1.165, 1.54) is 0 Å². The van der Waals surface area contributed by atoms with Crippen molar-refractivity contribution in [1.82, 2.24) is 10.2 Å². The summed E-state index contributed by atoms with van der Waals surface area (Å²) in [5, 5.41) is 3.07. The monoisotopic (exact) mass is 475 g/mol. The van der Waals surface area contributed by atoms with Gasteiger partial charge in [0.15, 0.2) is 0 Å². The maximum absolute atomic E-state index is 13.7. The van der Waals surface area contributed by atoms with Crippen LogP contribution in [0.1, 0.15) is 24.1 Å². The van der Waals surface area contributed by atoms with E-state index in [1.807, 2.05) is 42.5 Å². The van der Waals surface area contributed by atoms with Crippen LogP contribution in [-0.4, -0.2) is 35.9 Å². The van der Waals surface area contributed by atoms with Gasteiger partial charge in [-0.15, -0.1) is 0 Å². The number of hydrogen-bond donors (Lipinski definition) is 1. The molecule has 0 radical (unpaired) electrons. The zero-order chi connectivity index (χ0) is 23.9. The topological polar surface area (TPSA) is 79.0 Å². The van der Waals surface area contributed by atoms with Crippen LogP contribution >= 0.6 is 11.6 Å². The van der Waals surface area contributed by atoms with Crippen molar-refractivity contribution in [3.05, 3.63) is 95.0 Å². The van der Waals surface area contributed by atoms with Crippen LogP contribution in [0.5, 0.6) is 5.75 Å². The Kier molecular flexibility index (Phi) is 5.49. The van der Waals surface area contributed by atoms with Crippen LogP contribution in [0, 0.1) is 0 Å². The number of anilines is 1. The molecule has 1 fully saturated rings. The van der Waals surface area contributed by atoms with Gasteiger partial charge in [0.2, 0.25) is 5.91 Å². The van der Waals surface area contributed by atoms with Gasteiger partial charge in [0.05, 0.1) is 11.7 Å². The molecule has 2 heterocycles. The number of fused-ring (bicyclic) bond motifs is 1. The highest BCUT2D eigenvalue weighted by atomic mass is 35.5. The fourth-order valence-corrected chi connectivity index (χ4v) is 4.84. The molecular weight excluding hydrogens is 454 g/mol. The SMILES string of the molecule is C[C@@]1(c2ccccc2Cl)NC(=O)N(CC(=O)N2c3ccccc3OC[C@@H]2c2ccccc2)C1=O. The molecule has 1 N–H and O–H groups in total. The number of carbonyl (C=O) groups excluding carboxylic acids is 3. The maximum Gasteiger partial charge on any atom is 0.325 e. The predicted octanol–water partition coefficient (Wildman–Crippen LogP) is 4.27. The minimum Gasteiger partial charge on any atom is -0.489 e. The van der Waals surface area contributed by atoms with Crippen molar-refractivity contribution in [2.75, 3.05) is 18.1 Å². The molecule has 7 nitrogen and oxygen atoms in total. The van der Waals surface area contributed by atoms with Gasteiger partial charge < -0.3 is 10.1 Å². The highest BCUT2D eigenvalue weighted by molar-refractivity contribution is 6.32. The number of urea groups is 1. The van der Waals surface area contributed by atoms with Crippen LogP contribution < -0.4 is 15.0 Å². The predicted molar refractivity (Wildman–Crippen MR) is 128 cm³/mol. The number of benzene rings is 3. The fourth-order valence-electron chi connectivity index (χ4n) is 4.52. The van der Waals surface area contributed by atoms with Crippen LogP contribution in [0.4, 0.5) is 10.5 Å². The molecule has 8 heteroatoms. The Morgan fingerprint density at radius 3 is 2.47 bits per heavy atom. The second-order valence-electron chi connectivity index (χ2n) is 8.40. The van der Waals surface area contributed by atoms with Crippen molar-refractivity contribution in [2.24, 2.45) is 0 Å². The van der Waals surface area contributed by atoms with E-state index in [0.29, 0.717) is 22.0 Å². The lowest BCUT2D eigenvalue weighted by Gasteiger charge is -2.37. The number of nitrogens with one attached hydrogen (secondary N) is 1. The number of halogens is 1. The van der Waals surface area contributed by atoms with Crippen molar-refractivity contribution in [2.45, 2.75) is 18.5 Å². The highest BCUT2D eigenvalue weighted by Gasteiger charge is 2.51. The number of nitrogens with zero attached hydrogens (tertiary/aromatic N) is 2. The van der Waals surface area contributed by atoms with Crippen molar-refractivity contribution < 1.29 is 19.1 Å². The van der Waals surface area contributed by atoms with Gasteiger partial charge in [-0.1, -0.05) is 72.3 Å². The Morgan fingerprint density at radius 1 is 1.03 bits per heavy atom. The Balaban J connectivity index is 1.47. The zero-order valence-corrected chi connectivity index (χ0v) is 19.2.